The lowest BCUT2D eigenvalue weighted by atomic mass is 10.2. The molecule has 13 heavy (non-hydrogen) atoms. The van der Waals surface area contributed by atoms with E-state index < -0.39 is 17.1 Å². The highest BCUT2D eigenvalue weighted by Crippen LogP contribution is 2.05. The molecule has 6 heteroatoms. The van der Waals surface area contributed by atoms with E-state index in [-0.39, 0.29) is 11.4 Å². The van der Waals surface area contributed by atoms with Crippen molar-refractivity contribution in [3.8, 4) is 6.07 Å². The van der Waals surface area contributed by atoms with Crippen LogP contribution in [-0.4, -0.2) is 11.0 Å². The summed E-state index contributed by atoms with van der Waals surface area (Å²) in [4.78, 5) is 23.3. The number of nitrogens with two attached hydrogens (primary N) is 1. The predicted molar refractivity (Wildman–Crippen MR) is 40.5 cm³/mol. The smallest absolute Gasteiger partial charge is 0.267 e. The summed E-state index contributed by atoms with van der Waals surface area (Å²) < 4.78 is 0. The number of aromatic amines is 1. The summed E-state index contributed by atoms with van der Waals surface area (Å²) in [5.41, 5.74) is 3.74. The normalized spacial score (nSPS) is 9.15. The molecule has 0 amide bonds. The van der Waals surface area contributed by atoms with Crippen molar-refractivity contribution in [1.82, 2.24) is 4.98 Å². The van der Waals surface area contributed by atoms with Crippen LogP contribution < -0.4 is 16.4 Å². The molecular weight excluding hydrogens is 174 g/mol. The Balaban J connectivity index is 3.51. The monoisotopic (exact) mass is 178 g/mol. The highest BCUT2D eigenvalue weighted by Gasteiger charge is 2.05. The molecule has 0 fully saturated rings. The third kappa shape index (κ3) is 1.49. The van der Waals surface area contributed by atoms with E-state index in [0.29, 0.717) is 0 Å². The van der Waals surface area contributed by atoms with E-state index in [1.54, 1.807) is 0 Å². The lowest BCUT2D eigenvalue weighted by molar-refractivity contribution is -0.254. The first-order chi connectivity index (χ1) is 6.06. The van der Waals surface area contributed by atoms with Crippen LogP contribution >= 0.6 is 0 Å². The average Bonchev–Trinajstić information content (AvgIpc) is 2.03. The van der Waals surface area contributed by atoms with Crippen LogP contribution in [0.15, 0.2) is 10.9 Å². The number of anilines is 1. The number of carbonyl (C=O) groups excluding carboxylic acids is 1. The number of hydrogen-bond donors (Lipinski definition) is 2. The van der Waals surface area contributed by atoms with Crippen LogP contribution in [0.5, 0.6) is 0 Å². The van der Waals surface area contributed by atoms with Crippen molar-refractivity contribution in [3.05, 3.63) is 27.5 Å². The van der Waals surface area contributed by atoms with E-state index in [0.717, 1.165) is 6.07 Å². The molecule has 0 aliphatic carbocycles. The van der Waals surface area contributed by atoms with E-state index >= 15 is 0 Å². The van der Waals surface area contributed by atoms with E-state index in [1.807, 2.05) is 4.98 Å². The van der Waals surface area contributed by atoms with Crippen molar-refractivity contribution < 1.29 is 9.90 Å². The number of H-pyrrole nitrogens is 1. The summed E-state index contributed by atoms with van der Waals surface area (Å²) in [5, 5.41) is 18.8. The Kier molecular flexibility index (Phi) is 2.02. The molecule has 0 saturated heterocycles. The van der Waals surface area contributed by atoms with E-state index in [1.165, 1.54) is 6.07 Å². The van der Waals surface area contributed by atoms with Gasteiger partial charge in [-0.3, -0.25) is 4.79 Å². The van der Waals surface area contributed by atoms with Crippen molar-refractivity contribution in [1.29, 1.82) is 5.26 Å². The van der Waals surface area contributed by atoms with Crippen LogP contribution in [0.4, 0.5) is 5.82 Å². The lowest BCUT2D eigenvalue weighted by Gasteiger charge is -2.05. The number of hydrogen-bond acceptors (Lipinski definition) is 5. The second-order valence-electron chi connectivity index (χ2n) is 2.24. The zero-order chi connectivity index (χ0) is 10.0. The molecule has 0 atom stereocenters. The SMILES string of the molecule is N#Cc1cc(C(=O)[O-])c(N)[nH]c1=O. The molecule has 6 nitrogen and oxygen atoms in total. The highest BCUT2D eigenvalue weighted by atomic mass is 16.4. The number of rotatable bonds is 1. The molecule has 0 radical (unpaired) electrons. The van der Waals surface area contributed by atoms with Crippen LogP contribution in [0.1, 0.15) is 15.9 Å². The molecule has 66 valence electrons. The fourth-order valence-corrected chi connectivity index (χ4v) is 0.797. The van der Waals surface area contributed by atoms with Gasteiger partial charge in [0.05, 0.1) is 5.97 Å². The van der Waals surface area contributed by atoms with Crippen molar-refractivity contribution >= 4 is 11.8 Å². The number of nitriles is 1. The lowest BCUT2D eigenvalue weighted by Crippen LogP contribution is -2.26. The van der Waals surface area contributed by atoms with E-state index in [4.69, 9.17) is 11.0 Å². The maximum atomic E-state index is 10.9. The Morgan fingerprint density at radius 2 is 2.31 bits per heavy atom. The summed E-state index contributed by atoms with van der Waals surface area (Å²) in [5.74, 6) is -1.85. The van der Waals surface area contributed by atoms with Gasteiger partial charge in [0, 0.05) is 5.56 Å². The zero-order valence-corrected chi connectivity index (χ0v) is 6.33. The Morgan fingerprint density at radius 3 is 2.77 bits per heavy atom. The second-order valence-corrected chi connectivity index (χ2v) is 2.24. The van der Waals surface area contributed by atoms with Gasteiger partial charge in [-0.1, -0.05) is 0 Å². The zero-order valence-electron chi connectivity index (χ0n) is 6.33. The molecule has 0 aromatic carbocycles. The fraction of sp³-hybridized carbons (Fsp3) is 0. The van der Waals surface area contributed by atoms with Crippen molar-refractivity contribution in [2.45, 2.75) is 0 Å². The number of nitrogens with zero attached hydrogens (tertiary/aromatic N) is 1. The molecule has 3 N–H and O–H groups in total. The van der Waals surface area contributed by atoms with E-state index in [9.17, 15) is 14.7 Å². The summed E-state index contributed by atoms with van der Waals surface area (Å²) in [7, 11) is 0. The minimum absolute atomic E-state index is 0.312. The molecule has 0 unspecified atom stereocenters. The number of pyridine rings is 1. The van der Waals surface area contributed by atoms with Gasteiger partial charge < -0.3 is 20.6 Å². The fourth-order valence-electron chi connectivity index (χ4n) is 0.797. The standard InChI is InChI=1S/C7H5N3O3/c8-2-3-1-4(7(12)13)5(9)10-6(3)11/h1H,(H,12,13)(H3,9,10,11)/p-1. The molecular formula is C7H4N3O3-. The number of aromatic nitrogens is 1. The van der Waals surface area contributed by atoms with Crippen molar-refractivity contribution in [2.24, 2.45) is 0 Å². The average molecular weight is 178 g/mol. The number of carboxylic acids is 1. The number of nitrogen functional groups attached to an aromatic ring is 1. The largest absolute Gasteiger partial charge is 0.545 e. The van der Waals surface area contributed by atoms with Crippen LogP contribution in [0, 0.1) is 11.3 Å². The van der Waals surface area contributed by atoms with Gasteiger partial charge in [-0.15, -0.1) is 0 Å². The summed E-state index contributed by atoms with van der Waals surface area (Å²) >= 11 is 0. The van der Waals surface area contributed by atoms with Crippen LogP contribution in [0.25, 0.3) is 0 Å². The first kappa shape index (κ1) is 8.80. The van der Waals surface area contributed by atoms with Crippen molar-refractivity contribution in [2.75, 3.05) is 5.73 Å². The predicted octanol–water partition coefficient (Wildman–Crippen LogP) is -1.81. The minimum Gasteiger partial charge on any atom is -0.545 e. The number of nitrogens with one attached hydrogen (secondary N) is 1. The molecule has 0 bridgehead atoms. The van der Waals surface area contributed by atoms with Gasteiger partial charge in [0.2, 0.25) is 0 Å². The number of aromatic carboxylic acids is 1. The van der Waals surface area contributed by atoms with Crippen LogP contribution in [0.3, 0.4) is 0 Å². The van der Waals surface area contributed by atoms with Crippen LogP contribution in [-0.2, 0) is 0 Å². The Morgan fingerprint density at radius 1 is 1.69 bits per heavy atom. The maximum Gasteiger partial charge on any atom is 0.267 e. The Hall–Kier alpha value is -2.29. The molecule has 1 rings (SSSR count). The van der Waals surface area contributed by atoms with E-state index in [2.05, 4.69) is 0 Å². The first-order valence-corrected chi connectivity index (χ1v) is 3.20. The molecule has 0 aliphatic rings. The molecule has 0 aliphatic heterocycles. The molecule has 1 aromatic heterocycles. The molecule has 0 saturated carbocycles. The van der Waals surface area contributed by atoms with Gasteiger partial charge in [-0.2, -0.15) is 5.26 Å². The van der Waals surface area contributed by atoms with Gasteiger partial charge in [0.15, 0.2) is 0 Å². The summed E-state index contributed by atoms with van der Waals surface area (Å²) in [6.07, 6.45) is 0. The second kappa shape index (κ2) is 2.98. The van der Waals surface area contributed by atoms with Gasteiger partial charge in [-0.25, -0.2) is 0 Å². The summed E-state index contributed by atoms with van der Waals surface area (Å²) in [6, 6.07) is 2.41. The first-order valence-electron chi connectivity index (χ1n) is 3.20. The highest BCUT2D eigenvalue weighted by molar-refractivity contribution is 5.91. The molecule has 0 spiro atoms. The Labute approximate surface area is 72.2 Å². The number of carboxylic acid groups (broad SMARTS) is 1. The van der Waals surface area contributed by atoms with Gasteiger partial charge in [0.1, 0.15) is 17.5 Å². The molecule has 1 aromatic rings. The third-order valence-electron chi connectivity index (χ3n) is 1.41. The Bertz CT molecular complexity index is 455. The van der Waals surface area contributed by atoms with Gasteiger partial charge in [-0.05, 0) is 6.07 Å². The van der Waals surface area contributed by atoms with Gasteiger partial charge in [0.25, 0.3) is 5.56 Å². The number of carbonyl (C=O) groups is 1. The molecule has 1 heterocycles. The minimum atomic E-state index is -1.54. The van der Waals surface area contributed by atoms with Crippen LogP contribution in [0.2, 0.25) is 0 Å². The quantitative estimate of drug-likeness (QED) is 0.524. The van der Waals surface area contributed by atoms with Crippen molar-refractivity contribution in [3.63, 3.8) is 0 Å². The van der Waals surface area contributed by atoms with Gasteiger partial charge >= 0.3 is 0 Å². The topological polar surface area (TPSA) is 123 Å². The maximum absolute atomic E-state index is 10.9. The summed E-state index contributed by atoms with van der Waals surface area (Å²) in [6.45, 7) is 0. The third-order valence-corrected chi connectivity index (χ3v) is 1.41.